The fourth-order valence-electron chi connectivity index (χ4n) is 1.05. The maximum Gasteiger partial charge on any atom is 0.202 e. The highest BCUT2D eigenvalue weighted by Gasteiger charge is 1.99. The van der Waals surface area contributed by atoms with E-state index in [-0.39, 0.29) is 0 Å². The van der Waals surface area contributed by atoms with Crippen molar-refractivity contribution >= 4 is 16.7 Å². The second-order valence-electron chi connectivity index (χ2n) is 3.00. The van der Waals surface area contributed by atoms with Gasteiger partial charge in [0.1, 0.15) is 5.82 Å². The SMILES string of the molecule is CCNCCCNc1nc(CC)ns1. The predicted molar refractivity (Wildman–Crippen MR) is 60.9 cm³/mol. The molecule has 0 bridgehead atoms. The van der Waals surface area contributed by atoms with Crippen molar-refractivity contribution in [3.05, 3.63) is 5.82 Å². The molecule has 1 aromatic heterocycles. The molecule has 0 radical (unpaired) electrons. The van der Waals surface area contributed by atoms with Crippen molar-refractivity contribution in [1.82, 2.24) is 14.7 Å². The summed E-state index contributed by atoms with van der Waals surface area (Å²) in [6.07, 6.45) is 2.03. The highest BCUT2D eigenvalue weighted by atomic mass is 32.1. The summed E-state index contributed by atoms with van der Waals surface area (Å²) in [5, 5.41) is 7.48. The lowest BCUT2D eigenvalue weighted by molar-refractivity contribution is 0.688. The van der Waals surface area contributed by atoms with Crippen LogP contribution in [0.2, 0.25) is 0 Å². The van der Waals surface area contributed by atoms with Gasteiger partial charge < -0.3 is 10.6 Å². The van der Waals surface area contributed by atoms with Crippen LogP contribution in [-0.4, -0.2) is 29.0 Å². The molecule has 4 nitrogen and oxygen atoms in total. The highest BCUT2D eigenvalue weighted by Crippen LogP contribution is 2.10. The lowest BCUT2D eigenvalue weighted by atomic mass is 10.4. The molecule has 5 heteroatoms. The second-order valence-corrected chi connectivity index (χ2v) is 3.76. The maximum atomic E-state index is 4.32. The van der Waals surface area contributed by atoms with Gasteiger partial charge in [-0.2, -0.15) is 4.37 Å². The molecule has 2 N–H and O–H groups in total. The number of anilines is 1. The van der Waals surface area contributed by atoms with Gasteiger partial charge in [-0.3, -0.25) is 0 Å². The average molecular weight is 214 g/mol. The van der Waals surface area contributed by atoms with Crippen molar-refractivity contribution in [2.75, 3.05) is 25.0 Å². The summed E-state index contributed by atoms with van der Waals surface area (Å²) in [6.45, 7) is 7.25. The van der Waals surface area contributed by atoms with E-state index in [0.29, 0.717) is 0 Å². The first-order valence-electron chi connectivity index (χ1n) is 5.14. The standard InChI is InChI=1S/C9H18N4S/c1-3-8-12-9(14-13-8)11-7-5-6-10-4-2/h10H,3-7H2,1-2H3,(H,11,12,13). The Morgan fingerprint density at radius 3 is 2.79 bits per heavy atom. The first kappa shape index (κ1) is 11.4. The van der Waals surface area contributed by atoms with Crippen molar-refractivity contribution in [2.45, 2.75) is 26.7 Å². The molecule has 0 atom stereocenters. The summed E-state index contributed by atoms with van der Waals surface area (Å²) in [5.41, 5.74) is 0. The third kappa shape index (κ3) is 4.02. The number of rotatable bonds is 7. The van der Waals surface area contributed by atoms with Crippen molar-refractivity contribution in [1.29, 1.82) is 0 Å². The molecule has 0 unspecified atom stereocenters. The number of hydrogen-bond donors (Lipinski definition) is 2. The molecule has 14 heavy (non-hydrogen) atoms. The lowest BCUT2D eigenvalue weighted by Crippen LogP contribution is -2.17. The Bertz CT molecular complexity index is 249. The number of aryl methyl sites for hydroxylation is 1. The monoisotopic (exact) mass is 214 g/mol. The van der Waals surface area contributed by atoms with Gasteiger partial charge in [-0.15, -0.1) is 0 Å². The molecule has 80 valence electrons. The first-order valence-corrected chi connectivity index (χ1v) is 5.91. The third-order valence-electron chi connectivity index (χ3n) is 1.84. The quantitative estimate of drug-likeness (QED) is 0.676. The summed E-state index contributed by atoms with van der Waals surface area (Å²) in [7, 11) is 0. The van der Waals surface area contributed by atoms with E-state index in [1.807, 2.05) is 0 Å². The van der Waals surface area contributed by atoms with Gasteiger partial charge >= 0.3 is 0 Å². The minimum Gasteiger partial charge on any atom is -0.360 e. The van der Waals surface area contributed by atoms with Crippen LogP contribution in [0, 0.1) is 0 Å². The van der Waals surface area contributed by atoms with E-state index in [0.717, 1.165) is 43.4 Å². The molecule has 0 aromatic carbocycles. The normalized spacial score (nSPS) is 10.4. The fourth-order valence-corrected chi connectivity index (χ4v) is 1.73. The second kappa shape index (κ2) is 6.73. The van der Waals surface area contributed by atoms with Gasteiger partial charge in [0.25, 0.3) is 0 Å². The van der Waals surface area contributed by atoms with Crippen LogP contribution in [0.3, 0.4) is 0 Å². The van der Waals surface area contributed by atoms with E-state index in [9.17, 15) is 0 Å². The Labute approximate surface area is 89.3 Å². The molecule has 0 amide bonds. The van der Waals surface area contributed by atoms with E-state index in [1.165, 1.54) is 11.5 Å². The molecular formula is C9H18N4S. The smallest absolute Gasteiger partial charge is 0.202 e. The highest BCUT2D eigenvalue weighted by molar-refractivity contribution is 7.09. The molecule has 0 aliphatic heterocycles. The van der Waals surface area contributed by atoms with Gasteiger partial charge in [-0.05, 0) is 19.5 Å². The summed E-state index contributed by atoms with van der Waals surface area (Å²) in [5.74, 6) is 0.934. The van der Waals surface area contributed by atoms with Crippen LogP contribution >= 0.6 is 11.5 Å². The number of nitrogens with one attached hydrogen (secondary N) is 2. The van der Waals surface area contributed by atoms with Gasteiger partial charge in [0, 0.05) is 24.5 Å². The third-order valence-corrected chi connectivity index (χ3v) is 2.55. The van der Waals surface area contributed by atoms with Crippen LogP contribution in [0.4, 0.5) is 5.13 Å². The topological polar surface area (TPSA) is 49.8 Å². The summed E-state index contributed by atoms with van der Waals surface area (Å²) >= 11 is 1.45. The Balaban J connectivity index is 2.12. The van der Waals surface area contributed by atoms with E-state index in [2.05, 4.69) is 33.8 Å². The van der Waals surface area contributed by atoms with Crippen LogP contribution in [0.25, 0.3) is 0 Å². The molecule has 0 saturated heterocycles. The summed E-state index contributed by atoms with van der Waals surface area (Å²) < 4.78 is 4.20. The summed E-state index contributed by atoms with van der Waals surface area (Å²) in [6, 6.07) is 0. The van der Waals surface area contributed by atoms with E-state index < -0.39 is 0 Å². The van der Waals surface area contributed by atoms with Gasteiger partial charge in [0.05, 0.1) is 0 Å². The minimum absolute atomic E-state index is 0.912. The molecule has 0 saturated carbocycles. The predicted octanol–water partition coefficient (Wildman–Crippen LogP) is 1.51. The van der Waals surface area contributed by atoms with Crippen molar-refractivity contribution in [2.24, 2.45) is 0 Å². The number of nitrogens with zero attached hydrogens (tertiary/aromatic N) is 2. The fraction of sp³-hybridized carbons (Fsp3) is 0.778. The molecule has 1 rings (SSSR count). The Kier molecular flexibility index (Phi) is 5.47. The molecule has 0 spiro atoms. The zero-order valence-corrected chi connectivity index (χ0v) is 9.65. The molecule has 0 aliphatic carbocycles. The van der Waals surface area contributed by atoms with Crippen LogP contribution in [0.15, 0.2) is 0 Å². The molecule has 0 aliphatic rings. The van der Waals surface area contributed by atoms with Gasteiger partial charge in [-0.1, -0.05) is 13.8 Å². The molecular weight excluding hydrogens is 196 g/mol. The molecule has 1 heterocycles. The Morgan fingerprint density at radius 1 is 1.29 bits per heavy atom. The average Bonchev–Trinajstić information content (AvgIpc) is 2.65. The van der Waals surface area contributed by atoms with Crippen LogP contribution in [0.5, 0.6) is 0 Å². The van der Waals surface area contributed by atoms with Gasteiger partial charge in [-0.25, -0.2) is 4.98 Å². The Hall–Kier alpha value is -0.680. The van der Waals surface area contributed by atoms with Gasteiger partial charge in [0.15, 0.2) is 0 Å². The zero-order chi connectivity index (χ0) is 10.2. The van der Waals surface area contributed by atoms with Crippen LogP contribution in [0.1, 0.15) is 26.1 Å². The van der Waals surface area contributed by atoms with Crippen LogP contribution in [-0.2, 0) is 6.42 Å². The number of aromatic nitrogens is 2. The maximum absolute atomic E-state index is 4.32. The largest absolute Gasteiger partial charge is 0.360 e. The van der Waals surface area contributed by atoms with Crippen LogP contribution < -0.4 is 10.6 Å². The Morgan fingerprint density at radius 2 is 2.14 bits per heavy atom. The minimum atomic E-state index is 0.912. The van der Waals surface area contributed by atoms with E-state index in [1.54, 1.807) is 0 Å². The molecule has 0 fully saturated rings. The van der Waals surface area contributed by atoms with Gasteiger partial charge in [0.2, 0.25) is 5.13 Å². The molecule has 1 aromatic rings. The van der Waals surface area contributed by atoms with E-state index >= 15 is 0 Å². The van der Waals surface area contributed by atoms with Crippen molar-refractivity contribution in [3.8, 4) is 0 Å². The zero-order valence-electron chi connectivity index (χ0n) is 8.84. The first-order chi connectivity index (χ1) is 6.86. The lowest BCUT2D eigenvalue weighted by Gasteiger charge is -2.01. The van der Waals surface area contributed by atoms with Crippen molar-refractivity contribution < 1.29 is 0 Å². The van der Waals surface area contributed by atoms with Crippen molar-refractivity contribution in [3.63, 3.8) is 0 Å². The summed E-state index contributed by atoms with van der Waals surface area (Å²) in [4.78, 5) is 4.32. The number of hydrogen-bond acceptors (Lipinski definition) is 5. The van der Waals surface area contributed by atoms with E-state index in [4.69, 9.17) is 0 Å².